The summed E-state index contributed by atoms with van der Waals surface area (Å²) in [6.45, 7) is 4.02. The van der Waals surface area contributed by atoms with Crippen LogP contribution in [0.5, 0.6) is 5.75 Å². The van der Waals surface area contributed by atoms with E-state index in [0.717, 1.165) is 31.5 Å². The molecule has 1 aliphatic carbocycles. The van der Waals surface area contributed by atoms with E-state index in [9.17, 15) is 4.79 Å². The van der Waals surface area contributed by atoms with Gasteiger partial charge in [-0.3, -0.25) is 4.79 Å². The molecule has 0 saturated heterocycles. The Hall–Kier alpha value is -2.72. The second-order valence-electron chi connectivity index (χ2n) is 7.16. The third-order valence-electron chi connectivity index (χ3n) is 4.68. The van der Waals surface area contributed by atoms with Gasteiger partial charge in [-0.25, -0.2) is 15.0 Å². The van der Waals surface area contributed by atoms with Crippen molar-refractivity contribution in [1.82, 2.24) is 20.3 Å². The number of carbonyl (C=O) groups excluding carboxylic acids is 1. The molecule has 28 heavy (non-hydrogen) atoms. The van der Waals surface area contributed by atoms with Gasteiger partial charge in [0.2, 0.25) is 0 Å². The maximum absolute atomic E-state index is 12.4. The van der Waals surface area contributed by atoms with Gasteiger partial charge in [0.05, 0.1) is 22.9 Å². The molecule has 3 rings (SSSR count). The smallest absolute Gasteiger partial charge is 0.254 e. The number of hydrogen-bond acceptors (Lipinski definition) is 6. The Morgan fingerprint density at radius 1 is 1.21 bits per heavy atom. The van der Waals surface area contributed by atoms with Crippen LogP contribution in [0.4, 0.5) is 0 Å². The predicted octanol–water partition coefficient (Wildman–Crippen LogP) is 3.64. The fraction of sp³-hybridized carbons (Fsp3) is 0.450. The van der Waals surface area contributed by atoms with Gasteiger partial charge in [-0.05, 0) is 25.7 Å². The standard InChI is InChI=1S/C20H22ClN5O2/c1-12(2)19-24-9-13(10-25-19)20(27)26-14-3-5-15(6-4-14)28-16-7-17(21)18(8-22)23-11-16/h7,9-12,14-15H,3-6H2,1-2H3,(H,26,27). The summed E-state index contributed by atoms with van der Waals surface area (Å²) < 4.78 is 5.92. The summed E-state index contributed by atoms with van der Waals surface area (Å²) in [5.41, 5.74) is 0.659. The van der Waals surface area contributed by atoms with Gasteiger partial charge < -0.3 is 10.1 Å². The monoisotopic (exact) mass is 399 g/mol. The molecule has 0 aromatic carbocycles. The number of nitrogens with one attached hydrogen (secondary N) is 1. The molecule has 1 N–H and O–H groups in total. The van der Waals surface area contributed by atoms with Crippen LogP contribution in [-0.2, 0) is 0 Å². The van der Waals surface area contributed by atoms with Crippen molar-refractivity contribution in [3.63, 3.8) is 0 Å². The van der Waals surface area contributed by atoms with Crippen molar-refractivity contribution in [2.75, 3.05) is 0 Å². The number of nitrogens with zero attached hydrogens (tertiary/aromatic N) is 4. The molecular weight excluding hydrogens is 378 g/mol. The molecule has 2 aromatic rings. The molecule has 0 unspecified atom stereocenters. The first-order valence-electron chi connectivity index (χ1n) is 9.31. The van der Waals surface area contributed by atoms with Crippen molar-refractivity contribution in [3.05, 3.63) is 46.8 Å². The van der Waals surface area contributed by atoms with Gasteiger partial charge in [0.25, 0.3) is 5.91 Å². The number of rotatable bonds is 5. The van der Waals surface area contributed by atoms with E-state index in [1.165, 1.54) is 6.20 Å². The number of amides is 1. The number of aromatic nitrogens is 3. The Morgan fingerprint density at radius 2 is 1.89 bits per heavy atom. The quantitative estimate of drug-likeness (QED) is 0.823. The minimum atomic E-state index is -0.150. The highest BCUT2D eigenvalue weighted by molar-refractivity contribution is 6.31. The maximum Gasteiger partial charge on any atom is 0.254 e. The molecule has 2 heterocycles. The third-order valence-corrected chi connectivity index (χ3v) is 4.97. The summed E-state index contributed by atoms with van der Waals surface area (Å²) in [6.07, 6.45) is 7.96. The summed E-state index contributed by atoms with van der Waals surface area (Å²) in [4.78, 5) is 24.9. The molecule has 0 atom stereocenters. The number of nitriles is 1. The lowest BCUT2D eigenvalue weighted by Crippen LogP contribution is -2.39. The molecule has 2 aromatic heterocycles. The minimum absolute atomic E-state index is 0.0348. The Morgan fingerprint density at radius 3 is 2.46 bits per heavy atom. The Kier molecular flexibility index (Phi) is 6.42. The molecule has 1 fully saturated rings. The van der Waals surface area contributed by atoms with Crippen LogP contribution in [0.2, 0.25) is 5.02 Å². The van der Waals surface area contributed by atoms with Gasteiger partial charge in [-0.1, -0.05) is 25.4 Å². The molecule has 0 bridgehead atoms. The van der Waals surface area contributed by atoms with Crippen LogP contribution in [0.15, 0.2) is 24.7 Å². The Labute approximate surface area is 169 Å². The Balaban J connectivity index is 1.49. The number of hydrogen-bond donors (Lipinski definition) is 1. The second kappa shape index (κ2) is 8.98. The third kappa shape index (κ3) is 4.96. The van der Waals surface area contributed by atoms with E-state index in [1.54, 1.807) is 18.5 Å². The number of pyridine rings is 1. The van der Waals surface area contributed by atoms with Gasteiger partial charge in [0, 0.05) is 30.4 Å². The van der Waals surface area contributed by atoms with Crippen molar-refractivity contribution in [2.45, 2.75) is 57.6 Å². The summed E-state index contributed by atoms with van der Waals surface area (Å²) in [6, 6.07) is 3.63. The number of ether oxygens (including phenoxy) is 1. The fourth-order valence-electron chi connectivity index (χ4n) is 3.11. The van der Waals surface area contributed by atoms with E-state index >= 15 is 0 Å². The highest BCUT2D eigenvalue weighted by Crippen LogP contribution is 2.26. The van der Waals surface area contributed by atoms with Crippen LogP contribution in [0.3, 0.4) is 0 Å². The lowest BCUT2D eigenvalue weighted by Gasteiger charge is -2.29. The first-order valence-corrected chi connectivity index (χ1v) is 9.69. The van der Waals surface area contributed by atoms with Crippen LogP contribution in [0.1, 0.15) is 67.3 Å². The number of halogens is 1. The van der Waals surface area contributed by atoms with E-state index in [2.05, 4.69) is 20.3 Å². The van der Waals surface area contributed by atoms with Gasteiger partial charge in [0.15, 0.2) is 5.69 Å². The zero-order chi connectivity index (χ0) is 20.1. The van der Waals surface area contributed by atoms with Gasteiger partial charge in [0.1, 0.15) is 17.6 Å². The van der Waals surface area contributed by atoms with Crippen molar-refractivity contribution < 1.29 is 9.53 Å². The average Bonchev–Trinajstić information content (AvgIpc) is 2.69. The average molecular weight is 400 g/mol. The molecule has 146 valence electrons. The fourth-order valence-corrected chi connectivity index (χ4v) is 3.31. The van der Waals surface area contributed by atoms with Crippen LogP contribution in [-0.4, -0.2) is 33.0 Å². The molecule has 8 heteroatoms. The van der Waals surface area contributed by atoms with Gasteiger partial charge in [-0.15, -0.1) is 0 Å². The molecule has 1 saturated carbocycles. The first kappa shape index (κ1) is 20.0. The van der Waals surface area contributed by atoms with Crippen molar-refractivity contribution in [2.24, 2.45) is 0 Å². The predicted molar refractivity (Wildman–Crippen MR) is 104 cm³/mol. The molecule has 1 amide bonds. The van der Waals surface area contributed by atoms with E-state index in [-0.39, 0.29) is 34.7 Å². The maximum atomic E-state index is 12.4. The lowest BCUT2D eigenvalue weighted by molar-refractivity contribution is 0.0893. The molecule has 0 radical (unpaired) electrons. The lowest BCUT2D eigenvalue weighted by atomic mass is 9.92. The highest BCUT2D eigenvalue weighted by Gasteiger charge is 2.24. The van der Waals surface area contributed by atoms with E-state index in [0.29, 0.717) is 11.3 Å². The first-order chi connectivity index (χ1) is 13.5. The molecule has 0 spiro atoms. The normalized spacial score (nSPS) is 19.1. The zero-order valence-corrected chi connectivity index (χ0v) is 16.6. The van der Waals surface area contributed by atoms with Crippen LogP contribution < -0.4 is 10.1 Å². The summed E-state index contributed by atoms with van der Waals surface area (Å²) in [7, 11) is 0. The highest BCUT2D eigenvalue weighted by atomic mass is 35.5. The van der Waals surface area contributed by atoms with Crippen molar-refractivity contribution in [1.29, 1.82) is 5.26 Å². The zero-order valence-electron chi connectivity index (χ0n) is 15.9. The van der Waals surface area contributed by atoms with Gasteiger partial charge >= 0.3 is 0 Å². The van der Waals surface area contributed by atoms with Crippen LogP contribution >= 0.6 is 11.6 Å². The number of carbonyl (C=O) groups is 1. The van der Waals surface area contributed by atoms with Crippen LogP contribution in [0, 0.1) is 11.3 Å². The largest absolute Gasteiger partial charge is 0.489 e. The SMILES string of the molecule is CC(C)c1ncc(C(=O)NC2CCC(Oc3cnc(C#N)c(Cl)c3)CC2)cn1. The topological polar surface area (TPSA) is 101 Å². The van der Waals surface area contributed by atoms with Crippen LogP contribution in [0.25, 0.3) is 0 Å². The molecular formula is C20H22ClN5O2. The van der Waals surface area contributed by atoms with E-state index < -0.39 is 0 Å². The molecule has 7 nitrogen and oxygen atoms in total. The minimum Gasteiger partial charge on any atom is -0.489 e. The Bertz CT molecular complexity index is 871. The van der Waals surface area contributed by atoms with E-state index in [4.69, 9.17) is 21.6 Å². The summed E-state index contributed by atoms with van der Waals surface area (Å²) in [5.74, 6) is 1.36. The second-order valence-corrected chi connectivity index (χ2v) is 7.57. The summed E-state index contributed by atoms with van der Waals surface area (Å²) >= 11 is 5.99. The molecule has 1 aliphatic rings. The van der Waals surface area contributed by atoms with Gasteiger partial charge in [-0.2, -0.15) is 5.26 Å². The van der Waals surface area contributed by atoms with E-state index in [1.807, 2.05) is 19.9 Å². The molecule has 0 aliphatic heterocycles. The van der Waals surface area contributed by atoms with Crippen molar-refractivity contribution in [3.8, 4) is 11.8 Å². The van der Waals surface area contributed by atoms with Crippen molar-refractivity contribution >= 4 is 17.5 Å². The summed E-state index contributed by atoms with van der Waals surface area (Å²) in [5, 5.41) is 12.2.